The number of pyridine rings is 1. The molecule has 1 N–H and O–H groups in total. The van der Waals surface area contributed by atoms with E-state index in [9.17, 15) is 8.42 Å². The van der Waals surface area contributed by atoms with Gasteiger partial charge in [-0.1, -0.05) is 0 Å². The zero-order valence-corrected chi connectivity index (χ0v) is 16.6. The van der Waals surface area contributed by atoms with Crippen LogP contribution in [-0.4, -0.2) is 75.4 Å². The summed E-state index contributed by atoms with van der Waals surface area (Å²) >= 11 is 0. The third kappa shape index (κ3) is 3.71. The minimum absolute atomic E-state index is 0.120. The summed E-state index contributed by atoms with van der Waals surface area (Å²) in [6.07, 6.45) is 4.47. The van der Waals surface area contributed by atoms with Crippen LogP contribution in [-0.2, 0) is 19.5 Å². The second-order valence-electron chi connectivity index (χ2n) is 7.74. The van der Waals surface area contributed by atoms with Crippen LogP contribution in [0.4, 0.5) is 0 Å². The van der Waals surface area contributed by atoms with Gasteiger partial charge in [0.1, 0.15) is 4.90 Å². The van der Waals surface area contributed by atoms with E-state index in [1.165, 1.54) is 11.4 Å². The highest BCUT2D eigenvalue weighted by Gasteiger charge is 2.54. The third-order valence-corrected chi connectivity index (χ3v) is 7.38. The molecule has 27 heavy (non-hydrogen) atoms. The molecule has 1 aromatic heterocycles. The van der Waals surface area contributed by atoms with Crippen LogP contribution < -0.4 is 10.1 Å². The van der Waals surface area contributed by atoms with E-state index in [0.717, 1.165) is 38.0 Å². The molecule has 3 saturated heterocycles. The van der Waals surface area contributed by atoms with Crippen molar-refractivity contribution in [3.63, 3.8) is 0 Å². The normalized spacial score (nSPS) is 26.2. The highest BCUT2D eigenvalue weighted by Crippen LogP contribution is 2.39. The van der Waals surface area contributed by atoms with E-state index in [4.69, 9.17) is 14.2 Å². The summed E-state index contributed by atoms with van der Waals surface area (Å²) in [4.78, 5) is 4.21. The Morgan fingerprint density at radius 1 is 1.30 bits per heavy atom. The molecule has 9 heteroatoms. The molecule has 1 unspecified atom stereocenters. The molecule has 1 aromatic rings. The number of nitrogens with one attached hydrogen (secondary N) is 1. The molecule has 1 spiro atoms. The maximum absolute atomic E-state index is 13.0. The molecular formula is C18H27N3O5S. The summed E-state index contributed by atoms with van der Waals surface area (Å²) in [6.45, 7) is 4.79. The lowest BCUT2D eigenvalue weighted by Crippen LogP contribution is -2.63. The Bertz CT molecular complexity index is 788. The van der Waals surface area contributed by atoms with Crippen molar-refractivity contribution in [1.82, 2.24) is 14.6 Å². The summed E-state index contributed by atoms with van der Waals surface area (Å²) < 4.78 is 44.1. The molecule has 0 aromatic carbocycles. The first kappa shape index (κ1) is 19.1. The van der Waals surface area contributed by atoms with Crippen molar-refractivity contribution in [2.24, 2.45) is 0 Å². The molecule has 0 bridgehead atoms. The van der Waals surface area contributed by atoms with E-state index in [2.05, 4.69) is 10.3 Å². The van der Waals surface area contributed by atoms with Crippen molar-refractivity contribution < 1.29 is 22.6 Å². The molecule has 0 saturated carbocycles. The molecule has 3 aliphatic heterocycles. The fraction of sp³-hybridized carbons (Fsp3) is 0.722. The Morgan fingerprint density at radius 2 is 2.04 bits per heavy atom. The van der Waals surface area contributed by atoms with Crippen LogP contribution in [0.3, 0.4) is 0 Å². The van der Waals surface area contributed by atoms with Crippen LogP contribution in [0.25, 0.3) is 0 Å². The standard InChI is InChI=1S/C18H27N3O5S/c1-13-7-16(17(24-2)19-9-13)27(22,23)21-11-18(12-21)8-15(10-26-18)20-14-3-5-25-6-4-14/h7,9,14-15,20H,3-6,8,10-12H2,1-2H3. The van der Waals surface area contributed by atoms with Crippen LogP contribution in [0, 0.1) is 6.92 Å². The molecule has 4 rings (SSSR count). The van der Waals surface area contributed by atoms with Gasteiger partial charge in [-0.25, -0.2) is 13.4 Å². The van der Waals surface area contributed by atoms with E-state index >= 15 is 0 Å². The Hall–Kier alpha value is -1.26. The van der Waals surface area contributed by atoms with Crippen molar-refractivity contribution in [1.29, 1.82) is 0 Å². The predicted octanol–water partition coefficient (Wildman–Crippen LogP) is 0.699. The molecule has 0 radical (unpaired) electrons. The molecule has 3 fully saturated rings. The van der Waals surface area contributed by atoms with Crippen LogP contribution >= 0.6 is 0 Å². The zero-order chi connectivity index (χ0) is 19.1. The Kier molecular flexibility index (Phi) is 5.15. The van der Waals surface area contributed by atoms with Crippen LogP contribution in [0.5, 0.6) is 5.88 Å². The summed E-state index contributed by atoms with van der Waals surface area (Å²) in [7, 11) is -2.22. The summed E-state index contributed by atoms with van der Waals surface area (Å²) in [5.41, 5.74) is 0.405. The van der Waals surface area contributed by atoms with Crippen molar-refractivity contribution in [3.8, 4) is 5.88 Å². The average molecular weight is 397 g/mol. The highest BCUT2D eigenvalue weighted by molar-refractivity contribution is 7.89. The van der Waals surface area contributed by atoms with Crippen LogP contribution in [0.15, 0.2) is 17.2 Å². The third-order valence-electron chi connectivity index (χ3n) is 5.60. The first-order chi connectivity index (χ1) is 12.9. The van der Waals surface area contributed by atoms with Crippen LogP contribution in [0.2, 0.25) is 0 Å². The van der Waals surface area contributed by atoms with E-state index in [1.807, 2.05) is 6.92 Å². The highest BCUT2D eigenvalue weighted by atomic mass is 32.2. The Balaban J connectivity index is 1.39. The van der Waals surface area contributed by atoms with Gasteiger partial charge in [0.2, 0.25) is 15.9 Å². The Morgan fingerprint density at radius 3 is 2.74 bits per heavy atom. The van der Waals surface area contributed by atoms with E-state index < -0.39 is 10.0 Å². The largest absolute Gasteiger partial charge is 0.480 e. The first-order valence-electron chi connectivity index (χ1n) is 9.40. The Labute approximate surface area is 160 Å². The monoisotopic (exact) mass is 397 g/mol. The lowest BCUT2D eigenvalue weighted by molar-refractivity contribution is -0.0773. The molecular weight excluding hydrogens is 370 g/mol. The van der Waals surface area contributed by atoms with Gasteiger partial charge in [0.15, 0.2) is 0 Å². The van der Waals surface area contributed by atoms with Gasteiger partial charge in [0.25, 0.3) is 0 Å². The van der Waals surface area contributed by atoms with E-state index in [0.29, 0.717) is 25.7 Å². The predicted molar refractivity (Wildman–Crippen MR) is 98.3 cm³/mol. The second-order valence-corrected chi connectivity index (χ2v) is 9.65. The summed E-state index contributed by atoms with van der Waals surface area (Å²) in [5.74, 6) is 0.132. The van der Waals surface area contributed by atoms with Gasteiger partial charge in [-0.05, 0) is 37.8 Å². The first-order valence-corrected chi connectivity index (χ1v) is 10.8. The second kappa shape index (κ2) is 7.29. The van der Waals surface area contributed by atoms with Crippen molar-refractivity contribution in [2.75, 3.05) is 40.0 Å². The fourth-order valence-electron chi connectivity index (χ4n) is 4.14. The van der Waals surface area contributed by atoms with Gasteiger partial charge in [-0.2, -0.15) is 4.31 Å². The lowest BCUT2D eigenvalue weighted by atomic mass is 9.91. The van der Waals surface area contributed by atoms with E-state index in [1.54, 1.807) is 12.3 Å². The molecule has 8 nitrogen and oxygen atoms in total. The van der Waals surface area contributed by atoms with Crippen molar-refractivity contribution >= 4 is 10.0 Å². The number of sulfonamides is 1. The van der Waals surface area contributed by atoms with Crippen molar-refractivity contribution in [2.45, 2.75) is 48.8 Å². The number of ether oxygens (including phenoxy) is 3. The van der Waals surface area contributed by atoms with Crippen LogP contribution in [0.1, 0.15) is 24.8 Å². The molecule has 4 heterocycles. The minimum Gasteiger partial charge on any atom is -0.480 e. The molecule has 150 valence electrons. The van der Waals surface area contributed by atoms with E-state index in [-0.39, 0.29) is 22.4 Å². The number of nitrogens with zero attached hydrogens (tertiary/aromatic N) is 2. The molecule has 1 atom stereocenters. The van der Waals surface area contributed by atoms with Gasteiger partial charge in [0.05, 0.1) is 19.3 Å². The topological polar surface area (TPSA) is 90.0 Å². The lowest BCUT2D eigenvalue weighted by Gasteiger charge is -2.46. The van der Waals surface area contributed by atoms with Gasteiger partial charge in [-0.15, -0.1) is 0 Å². The number of aryl methyl sites for hydroxylation is 1. The average Bonchev–Trinajstić information content (AvgIpc) is 3.05. The SMILES string of the molecule is COc1ncc(C)cc1S(=O)(=O)N1CC2(CC(NC3CCOCC3)CO2)C1. The maximum Gasteiger partial charge on any atom is 0.248 e. The number of methoxy groups -OCH3 is 1. The quantitative estimate of drug-likeness (QED) is 0.782. The number of aromatic nitrogens is 1. The van der Waals surface area contributed by atoms with Crippen molar-refractivity contribution in [3.05, 3.63) is 17.8 Å². The van der Waals surface area contributed by atoms with Gasteiger partial charge in [-0.3, -0.25) is 0 Å². The molecule has 0 amide bonds. The zero-order valence-electron chi connectivity index (χ0n) is 15.8. The molecule has 3 aliphatic rings. The summed E-state index contributed by atoms with van der Waals surface area (Å²) in [6, 6.07) is 2.34. The van der Waals surface area contributed by atoms with Gasteiger partial charge < -0.3 is 19.5 Å². The number of hydrogen-bond acceptors (Lipinski definition) is 7. The number of hydrogen-bond donors (Lipinski definition) is 1. The maximum atomic E-state index is 13.0. The smallest absolute Gasteiger partial charge is 0.248 e. The minimum atomic E-state index is -3.65. The summed E-state index contributed by atoms with van der Waals surface area (Å²) in [5, 5.41) is 3.65. The molecule has 0 aliphatic carbocycles. The van der Waals surface area contributed by atoms with Gasteiger partial charge >= 0.3 is 0 Å². The number of rotatable bonds is 5. The fourth-order valence-corrected chi connectivity index (χ4v) is 5.92. The van der Waals surface area contributed by atoms with Gasteiger partial charge in [0, 0.05) is 44.6 Å².